The summed E-state index contributed by atoms with van der Waals surface area (Å²) < 4.78 is 17.6. The summed E-state index contributed by atoms with van der Waals surface area (Å²) in [5, 5.41) is 7.42. The van der Waals surface area contributed by atoms with E-state index in [1.54, 1.807) is 43.0 Å². The molecule has 4 rings (SSSR count). The van der Waals surface area contributed by atoms with Crippen LogP contribution in [-0.4, -0.2) is 48.5 Å². The second-order valence-electron chi connectivity index (χ2n) is 8.34. The zero-order valence-corrected chi connectivity index (χ0v) is 19.9. The second-order valence-corrected chi connectivity index (χ2v) is 8.34. The van der Waals surface area contributed by atoms with Crippen molar-refractivity contribution in [2.24, 2.45) is 0 Å². The minimum absolute atomic E-state index is 0.190. The number of ether oxygens (including phenoxy) is 3. The van der Waals surface area contributed by atoms with Crippen molar-refractivity contribution in [3.8, 4) is 17.2 Å². The normalized spacial score (nSPS) is 17.2. The molecule has 1 aromatic heterocycles. The standard InChI is InChI=1S/C25H28N4O5/c1-16-10-22-23(30)29(18-11-20(33-4)13-21(12-18)34-5)25(2,15-28(22)27-16)24(31)26-14-17-6-8-19(32-3)9-7-17/h6-13H,14-15H2,1-5H3,(H,26,31). The van der Waals surface area contributed by atoms with E-state index < -0.39 is 5.54 Å². The number of aromatic nitrogens is 2. The van der Waals surface area contributed by atoms with Gasteiger partial charge in [0.1, 0.15) is 28.5 Å². The molecule has 3 aromatic rings. The van der Waals surface area contributed by atoms with Crippen LogP contribution in [0.15, 0.2) is 48.5 Å². The lowest BCUT2D eigenvalue weighted by molar-refractivity contribution is -0.126. The fraction of sp³-hybridized carbons (Fsp3) is 0.320. The van der Waals surface area contributed by atoms with Crippen LogP contribution in [0, 0.1) is 6.92 Å². The van der Waals surface area contributed by atoms with Gasteiger partial charge in [-0.2, -0.15) is 5.10 Å². The highest BCUT2D eigenvalue weighted by Crippen LogP contribution is 2.37. The maximum absolute atomic E-state index is 13.7. The molecule has 1 aliphatic rings. The number of fused-ring (bicyclic) bond motifs is 1. The zero-order chi connectivity index (χ0) is 24.5. The summed E-state index contributed by atoms with van der Waals surface area (Å²) in [6, 6.07) is 14.3. The summed E-state index contributed by atoms with van der Waals surface area (Å²) in [7, 11) is 4.68. The third kappa shape index (κ3) is 4.16. The third-order valence-corrected chi connectivity index (χ3v) is 5.97. The van der Waals surface area contributed by atoms with E-state index in [4.69, 9.17) is 14.2 Å². The summed E-state index contributed by atoms with van der Waals surface area (Å²) in [5.74, 6) is 1.12. The molecule has 2 amide bonds. The van der Waals surface area contributed by atoms with E-state index in [-0.39, 0.29) is 18.4 Å². The van der Waals surface area contributed by atoms with Gasteiger partial charge < -0.3 is 19.5 Å². The van der Waals surface area contributed by atoms with Crippen LogP contribution in [0.1, 0.15) is 28.7 Å². The molecule has 0 aliphatic carbocycles. The van der Waals surface area contributed by atoms with Gasteiger partial charge >= 0.3 is 0 Å². The molecule has 34 heavy (non-hydrogen) atoms. The van der Waals surface area contributed by atoms with Crippen molar-refractivity contribution >= 4 is 17.5 Å². The maximum Gasteiger partial charge on any atom is 0.277 e. The van der Waals surface area contributed by atoms with Crippen LogP contribution < -0.4 is 24.4 Å². The lowest BCUT2D eigenvalue weighted by Gasteiger charge is -2.43. The Kier molecular flexibility index (Phi) is 6.19. The number of hydrogen-bond donors (Lipinski definition) is 1. The van der Waals surface area contributed by atoms with Crippen LogP contribution >= 0.6 is 0 Å². The number of carbonyl (C=O) groups is 2. The summed E-state index contributed by atoms with van der Waals surface area (Å²) in [4.78, 5) is 28.8. The zero-order valence-electron chi connectivity index (χ0n) is 19.9. The molecule has 1 N–H and O–H groups in total. The topological polar surface area (TPSA) is 94.9 Å². The Morgan fingerprint density at radius 1 is 1.00 bits per heavy atom. The van der Waals surface area contributed by atoms with Crippen molar-refractivity contribution in [3.05, 3.63) is 65.5 Å². The number of nitrogens with zero attached hydrogens (tertiary/aromatic N) is 3. The van der Waals surface area contributed by atoms with Crippen LogP contribution in [0.3, 0.4) is 0 Å². The highest BCUT2D eigenvalue weighted by atomic mass is 16.5. The number of benzene rings is 2. The van der Waals surface area contributed by atoms with Gasteiger partial charge in [0, 0.05) is 24.7 Å². The van der Waals surface area contributed by atoms with Crippen LogP contribution in [-0.2, 0) is 17.9 Å². The molecule has 2 heterocycles. The quantitative estimate of drug-likeness (QED) is 0.578. The highest BCUT2D eigenvalue weighted by Gasteiger charge is 2.49. The Morgan fingerprint density at radius 2 is 1.62 bits per heavy atom. The number of hydrogen-bond acceptors (Lipinski definition) is 6. The van der Waals surface area contributed by atoms with E-state index >= 15 is 0 Å². The Hall–Kier alpha value is -4.01. The number of nitrogens with one attached hydrogen (secondary N) is 1. The highest BCUT2D eigenvalue weighted by molar-refractivity contribution is 6.12. The molecule has 1 unspecified atom stereocenters. The summed E-state index contributed by atoms with van der Waals surface area (Å²) in [6.07, 6.45) is 0. The molecular weight excluding hydrogens is 436 g/mol. The summed E-state index contributed by atoms with van der Waals surface area (Å²) >= 11 is 0. The van der Waals surface area contributed by atoms with Gasteiger partial charge in [-0.3, -0.25) is 19.2 Å². The minimum atomic E-state index is -1.26. The molecule has 2 aromatic carbocycles. The number of methoxy groups -OCH3 is 3. The SMILES string of the molecule is COc1ccc(CNC(=O)C2(C)Cn3nc(C)cc3C(=O)N2c2cc(OC)cc(OC)c2)cc1. The van der Waals surface area contributed by atoms with Crippen molar-refractivity contribution in [1.29, 1.82) is 0 Å². The predicted molar refractivity (Wildman–Crippen MR) is 127 cm³/mol. The number of amides is 2. The molecule has 178 valence electrons. The lowest BCUT2D eigenvalue weighted by atomic mass is 9.93. The molecule has 1 atom stereocenters. The monoisotopic (exact) mass is 464 g/mol. The van der Waals surface area contributed by atoms with Crippen molar-refractivity contribution in [3.63, 3.8) is 0 Å². The minimum Gasteiger partial charge on any atom is -0.497 e. The first-order valence-electron chi connectivity index (χ1n) is 10.8. The van der Waals surface area contributed by atoms with E-state index in [9.17, 15) is 9.59 Å². The Labute approximate surface area is 198 Å². The van der Waals surface area contributed by atoms with Crippen molar-refractivity contribution in [2.75, 3.05) is 26.2 Å². The molecule has 1 aliphatic heterocycles. The van der Waals surface area contributed by atoms with Crippen molar-refractivity contribution < 1.29 is 23.8 Å². The van der Waals surface area contributed by atoms with Gasteiger partial charge in [-0.15, -0.1) is 0 Å². The number of aryl methyl sites for hydroxylation is 1. The molecule has 0 bridgehead atoms. The first-order chi connectivity index (χ1) is 16.3. The van der Waals surface area contributed by atoms with Crippen LogP contribution in [0.4, 0.5) is 5.69 Å². The van der Waals surface area contributed by atoms with Gasteiger partial charge in [-0.1, -0.05) is 12.1 Å². The first kappa shape index (κ1) is 23.2. The molecule has 0 radical (unpaired) electrons. The number of rotatable bonds is 7. The van der Waals surface area contributed by atoms with Gasteiger partial charge in [0.2, 0.25) is 5.91 Å². The molecular formula is C25H28N4O5. The fourth-order valence-corrected chi connectivity index (χ4v) is 4.15. The van der Waals surface area contributed by atoms with E-state index in [0.29, 0.717) is 35.1 Å². The van der Waals surface area contributed by atoms with E-state index in [0.717, 1.165) is 11.3 Å². The van der Waals surface area contributed by atoms with Gasteiger partial charge in [-0.05, 0) is 37.6 Å². The average Bonchev–Trinajstić information content (AvgIpc) is 3.22. The van der Waals surface area contributed by atoms with Gasteiger partial charge in [-0.25, -0.2) is 0 Å². The van der Waals surface area contributed by atoms with E-state index in [2.05, 4.69) is 10.4 Å². The molecule has 0 saturated heterocycles. The molecule has 0 spiro atoms. The van der Waals surface area contributed by atoms with Gasteiger partial charge in [0.15, 0.2) is 0 Å². The van der Waals surface area contributed by atoms with Gasteiger partial charge in [0.05, 0.1) is 39.3 Å². The van der Waals surface area contributed by atoms with E-state index in [1.165, 1.54) is 19.1 Å². The van der Waals surface area contributed by atoms with Gasteiger partial charge in [0.25, 0.3) is 5.91 Å². The van der Waals surface area contributed by atoms with Crippen LogP contribution in [0.2, 0.25) is 0 Å². The van der Waals surface area contributed by atoms with Crippen molar-refractivity contribution in [1.82, 2.24) is 15.1 Å². The lowest BCUT2D eigenvalue weighted by Crippen LogP contribution is -2.64. The summed E-state index contributed by atoms with van der Waals surface area (Å²) in [6.45, 7) is 4.04. The smallest absolute Gasteiger partial charge is 0.277 e. The third-order valence-electron chi connectivity index (χ3n) is 5.97. The van der Waals surface area contributed by atoms with Crippen LogP contribution in [0.25, 0.3) is 0 Å². The second kappa shape index (κ2) is 9.09. The average molecular weight is 465 g/mol. The van der Waals surface area contributed by atoms with Crippen LogP contribution in [0.5, 0.6) is 17.2 Å². The van der Waals surface area contributed by atoms with Crippen molar-refractivity contribution in [2.45, 2.75) is 32.5 Å². The van der Waals surface area contributed by atoms with E-state index in [1.807, 2.05) is 31.2 Å². The fourth-order valence-electron chi connectivity index (χ4n) is 4.15. The molecule has 9 heteroatoms. The number of anilines is 1. The Bertz CT molecular complexity index is 1200. The first-order valence-corrected chi connectivity index (χ1v) is 10.8. The predicted octanol–water partition coefficient (Wildman–Crippen LogP) is 2.95. The Balaban J connectivity index is 1.72. The molecule has 9 nitrogen and oxygen atoms in total. The largest absolute Gasteiger partial charge is 0.497 e. The molecule has 0 fully saturated rings. The summed E-state index contributed by atoms with van der Waals surface area (Å²) in [5.41, 5.74) is 1.26. The number of carbonyl (C=O) groups excluding carboxylic acids is 2. The Morgan fingerprint density at radius 3 is 2.21 bits per heavy atom. The maximum atomic E-state index is 13.7. The molecule has 0 saturated carbocycles.